The molecule has 1 atom stereocenters. The third kappa shape index (κ3) is 2.85. The Morgan fingerprint density at radius 2 is 1.76 bits per heavy atom. The van der Waals surface area contributed by atoms with Gasteiger partial charge in [-0.2, -0.15) is 0 Å². The Hall–Kier alpha value is -2.07. The fourth-order valence-electron chi connectivity index (χ4n) is 2.32. The van der Waals surface area contributed by atoms with Crippen LogP contribution in [0.15, 0.2) is 30.3 Å². The first-order chi connectivity index (χ1) is 9.99. The number of aliphatic hydroxyl groups is 1. The lowest BCUT2D eigenvalue weighted by atomic mass is 9.96. The second-order valence-corrected chi connectivity index (χ2v) is 4.93. The number of halogens is 1. The SMILES string of the molecule is COc1cc(C(O)c2ccc(C)c(C)c2OC)ccc1F. The monoisotopic (exact) mass is 290 g/mol. The molecule has 0 aliphatic carbocycles. The van der Waals surface area contributed by atoms with Crippen LogP contribution < -0.4 is 9.47 Å². The average molecular weight is 290 g/mol. The van der Waals surface area contributed by atoms with Gasteiger partial charge in [-0.15, -0.1) is 0 Å². The Balaban J connectivity index is 2.49. The second-order valence-electron chi connectivity index (χ2n) is 4.93. The van der Waals surface area contributed by atoms with Crippen LogP contribution in [0.1, 0.15) is 28.4 Å². The lowest BCUT2D eigenvalue weighted by Gasteiger charge is -2.18. The Kier molecular flexibility index (Phi) is 4.48. The van der Waals surface area contributed by atoms with Gasteiger partial charge in [0.05, 0.1) is 14.2 Å². The van der Waals surface area contributed by atoms with Crippen molar-refractivity contribution in [1.29, 1.82) is 0 Å². The highest BCUT2D eigenvalue weighted by molar-refractivity contribution is 5.49. The van der Waals surface area contributed by atoms with E-state index in [1.165, 1.54) is 25.3 Å². The van der Waals surface area contributed by atoms with Gasteiger partial charge in [0.25, 0.3) is 0 Å². The normalized spacial score (nSPS) is 12.1. The van der Waals surface area contributed by atoms with E-state index < -0.39 is 11.9 Å². The fourth-order valence-corrected chi connectivity index (χ4v) is 2.32. The van der Waals surface area contributed by atoms with Crippen LogP contribution in [0.4, 0.5) is 4.39 Å². The third-order valence-corrected chi connectivity index (χ3v) is 3.70. The zero-order valence-electron chi connectivity index (χ0n) is 12.6. The van der Waals surface area contributed by atoms with Gasteiger partial charge in [-0.25, -0.2) is 4.39 Å². The van der Waals surface area contributed by atoms with E-state index in [1.807, 2.05) is 26.0 Å². The largest absolute Gasteiger partial charge is 0.496 e. The van der Waals surface area contributed by atoms with Crippen molar-refractivity contribution >= 4 is 0 Å². The van der Waals surface area contributed by atoms with Crippen LogP contribution in [-0.4, -0.2) is 19.3 Å². The van der Waals surface area contributed by atoms with Crippen LogP contribution in [0.25, 0.3) is 0 Å². The molecule has 0 heterocycles. The van der Waals surface area contributed by atoms with E-state index in [4.69, 9.17) is 9.47 Å². The number of aryl methyl sites for hydroxylation is 1. The van der Waals surface area contributed by atoms with Crippen molar-refractivity contribution in [3.8, 4) is 11.5 Å². The first kappa shape index (κ1) is 15.3. The molecule has 0 amide bonds. The van der Waals surface area contributed by atoms with E-state index in [9.17, 15) is 9.50 Å². The molecule has 2 aromatic carbocycles. The Bertz CT molecular complexity index is 653. The molecule has 0 radical (unpaired) electrons. The zero-order chi connectivity index (χ0) is 15.6. The molecule has 0 saturated carbocycles. The van der Waals surface area contributed by atoms with E-state index >= 15 is 0 Å². The lowest BCUT2D eigenvalue weighted by molar-refractivity contribution is 0.213. The summed E-state index contributed by atoms with van der Waals surface area (Å²) in [5.74, 6) is 0.292. The number of aliphatic hydroxyl groups excluding tert-OH is 1. The highest BCUT2D eigenvalue weighted by Gasteiger charge is 2.19. The Morgan fingerprint density at radius 3 is 2.38 bits per heavy atom. The van der Waals surface area contributed by atoms with Crippen molar-refractivity contribution in [2.45, 2.75) is 20.0 Å². The molecule has 0 aliphatic heterocycles. The van der Waals surface area contributed by atoms with E-state index in [1.54, 1.807) is 7.11 Å². The molecule has 0 saturated heterocycles. The first-order valence-corrected chi connectivity index (χ1v) is 6.65. The quantitative estimate of drug-likeness (QED) is 0.936. The topological polar surface area (TPSA) is 38.7 Å². The minimum absolute atomic E-state index is 0.106. The van der Waals surface area contributed by atoms with Gasteiger partial charge in [-0.1, -0.05) is 18.2 Å². The highest BCUT2D eigenvalue weighted by Crippen LogP contribution is 2.35. The molecule has 0 aromatic heterocycles. The van der Waals surface area contributed by atoms with E-state index in [0.29, 0.717) is 16.9 Å². The maximum absolute atomic E-state index is 13.5. The van der Waals surface area contributed by atoms with Gasteiger partial charge < -0.3 is 14.6 Å². The minimum atomic E-state index is -0.909. The van der Waals surface area contributed by atoms with Gasteiger partial charge >= 0.3 is 0 Å². The summed E-state index contributed by atoms with van der Waals surface area (Å²) < 4.78 is 23.8. The van der Waals surface area contributed by atoms with Crippen LogP contribution in [0.3, 0.4) is 0 Å². The standard InChI is InChI=1S/C17H19FO3/c1-10-5-7-13(17(21-4)11(10)2)16(19)12-6-8-14(18)15(9-12)20-3/h5-9,16,19H,1-4H3. The fraction of sp³-hybridized carbons (Fsp3) is 0.294. The summed E-state index contributed by atoms with van der Waals surface area (Å²) >= 11 is 0. The maximum atomic E-state index is 13.5. The highest BCUT2D eigenvalue weighted by atomic mass is 19.1. The van der Waals surface area contributed by atoms with Gasteiger partial charge in [0.2, 0.25) is 0 Å². The molecule has 21 heavy (non-hydrogen) atoms. The molecule has 0 spiro atoms. The predicted octanol–water partition coefficient (Wildman–Crippen LogP) is 3.54. The maximum Gasteiger partial charge on any atom is 0.165 e. The molecule has 112 valence electrons. The molecule has 0 fully saturated rings. The van der Waals surface area contributed by atoms with Gasteiger partial charge in [-0.05, 0) is 42.7 Å². The van der Waals surface area contributed by atoms with Crippen LogP contribution in [0.5, 0.6) is 11.5 Å². The molecule has 1 N–H and O–H groups in total. The summed E-state index contributed by atoms with van der Waals surface area (Å²) in [6.45, 7) is 3.92. The smallest absolute Gasteiger partial charge is 0.165 e. The van der Waals surface area contributed by atoms with Crippen LogP contribution in [0, 0.1) is 19.7 Å². The molecular formula is C17H19FO3. The third-order valence-electron chi connectivity index (χ3n) is 3.70. The Morgan fingerprint density at radius 1 is 1.05 bits per heavy atom. The van der Waals surface area contributed by atoms with E-state index in [2.05, 4.69) is 0 Å². The summed E-state index contributed by atoms with van der Waals surface area (Å²) in [5.41, 5.74) is 3.26. The lowest BCUT2D eigenvalue weighted by Crippen LogP contribution is -2.05. The number of rotatable bonds is 4. The Labute approximate surface area is 124 Å². The van der Waals surface area contributed by atoms with Crippen LogP contribution in [0.2, 0.25) is 0 Å². The number of benzene rings is 2. The van der Waals surface area contributed by atoms with Crippen LogP contribution >= 0.6 is 0 Å². The summed E-state index contributed by atoms with van der Waals surface area (Å²) in [6.07, 6.45) is -0.909. The van der Waals surface area contributed by atoms with Crippen molar-refractivity contribution < 1.29 is 19.0 Å². The number of ether oxygens (including phenoxy) is 2. The van der Waals surface area contributed by atoms with E-state index in [0.717, 1.165) is 11.1 Å². The number of hydrogen-bond acceptors (Lipinski definition) is 3. The summed E-state index contributed by atoms with van der Waals surface area (Å²) in [6, 6.07) is 8.06. The van der Waals surface area contributed by atoms with Gasteiger partial charge in [0.1, 0.15) is 11.9 Å². The minimum Gasteiger partial charge on any atom is -0.496 e. The van der Waals surface area contributed by atoms with Crippen molar-refractivity contribution in [3.63, 3.8) is 0 Å². The molecule has 3 nitrogen and oxygen atoms in total. The predicted molar refractivity (Wildman–Crippen MR) is 79.5 cm³/mol. The average Bonchev–Trinajstić information content (AvgIpc) is 2.49. The van der Waals surface area contributed by atoms with Crippen molar-refractivity contribution in [1.82, 2.24) is 0 Å². The van der Waals surface area contributed by atoms with Crippen LogP contribution in [-0.2, 0) is 0 Å². The summed E-state index contributed by atoms with van der Waals surface area (Å²) in [7, 11) is 2.97. The van der Waals surface area contributed by atoms with Crippen molar-refractivity contribution in [3.05, 3.63) is 58.4 Å². The molecule has 2 rings (SSSR count). The van der Waals surface area contributed by atoms with Crippen molar-refractivity contribution in [2.24, 2.45) is 0 Å². The first-order valence-electron chi connectivity index (χ1n) is 6.65. The number of hydrogen-bond donors (Lipinski definition) is 1. The van der Waals surface area contributed by atoms with E-state index in [-0.39, 0.29) is 5.75 Å². The van der Waals surface area contributed by atoms with Gasteiger partial charge in [0, 0.05) is 5.56 Å². The summed E-state index contributed by atoms with van der Waals surface area (Å²) in [5, 5.41) is 10.6. The molecule has 0 bridgehead atoms. The van der Waals surface area contributed by atoms with Gasteiger partial charge in [0.15, 0.2) is 11.6 Å². The second kappa shape index (κ2) is 6.14. The molecule has 4 heteroatoms. The number of methoxy groups -OCH3 is 2. The molecular weight excluding hydrogens is 271 g/mol. The summed E-state index contributed by atoms with van der Waals surface area (Å²) in [4.78, 5) is 0. The molecule has 1 unspecified atom stereocenters. The zero-order valence-corrected chi connectivity index (χ0v) is 12.6. The van der Waals surface area contributed by atoms with Crippen molar-refractivity contribution in [2.75, 3.05) is 14.2 Å². The molecule has 2 aromatic rings. The molecule has 0 aliphatic rings. The van der Waals surface area contributed by atoms with Gasteiger partial charge in [-0.3, -0.25) is 0 Å².